The molecule has 1 rings (SSSR count). The summed E-state index contributed by atoms with van der Waals surface area (Å²) in [6.07, 6.45) is 2.96. The summed E-state index contributed by atoms with van der Waals surface area (Å²) in [5.41, 5.74) is 1.67. The lowest BCUT2D eigenvalue weighted by Gasteiger charge is -2.24. The summed E-state index contributed by atoms with van der Waals surface area (Å²) in [6.45, 7) is 7.58. The molecular weight excluding hydrogens is 356 g/mol. The number of amides is 1. The minimum atomic E-state index is -1.13. The number of carbonyl (C=O) groups excluding carboxylic acids is 1. The molecule has 0 aliphatic heterocycles. The van der Waals surface area contributed by atoms with Gasteiger partial charge in [-0.3, -0.25) is 14.3 Å². The van der Waals surface area contributed by atoms with Crippen molar-refractivity contribution in [3.63, 3.8) is 0 Å². The molecule has 0 saturated heterocycles. The summed E-state index contributed by atoms with van der Waals surface area (Å²) < 4.78 is 16.9. The summed E-state index contributed by atoms with van der Waals surface area (Å²) in [4.78, 5) is 24.0. The van der Waals surface area contributed by atoms with E-state index in [4.69, 9.17) is 4.74 Å². The molecule has 0 fully saturated rings. The average Bonchev–Trinajstić information content (AvgIpc) is 2.49. The fourth-order valence-electron chi connectivity index (χ4n) is 2.21. The van der Waals surface area contributed by atoms with E-state index in [2.05, 4.69) is 0 Å². The summed E-state index contributed by atoms with van der Waals surface area (Å²) >= 11 is 0. The van der Waals surface area contributed by atoms with Crippen molar-refractivity contribution in [2.45, 2.75) is 39.0 Å². The molecule has 0 aromatic heterocycles. The highest BCUT2D eigenvalue weighted by molar-refractivity contribution is 7.83. The van der Waals surface area contributed by atoms with Gasteiger partial charge < -0.3 is 9.64 Å². The number of likely N-dealkylation sites (N-methyl/N-ethyl adjacent to an activating group) is 1. The van der Waals surface area contributed by atoms with E-state index < -0.39 is 27.4 Å². The number of allylic oxidation sites excluding steroid dienone is 1. The Morgan fingerprint density at radius 1 is 1.38 bits per heavy atom. The number of nitro groups is 1. The molecule has 0 radical (unpaired) electrons. The summed E-state index contributed by atoms with van der Waals surface area (Å²) in [6, 6.07) is 4.53. The molecule has 7 nitrogen and oxygen atoms in total. The van der Waals surface area contributed by atoms with Crippen LogP contribution in [0.1, 0.15) is 38.8 Å². The van der Waals surface area contributed by atoms with Crippen molar-refractivity contribution in [2.75, 3.05) is 19.8 Å². The van der Waals surface area contributed by atoms with Gasteiger partial charge in [-0.2, -0.15) is 0 Å². The van der Waals surface area contributed by atoms with Gasteiger partial charge in [0.1, 0.15) is 5.60 Å². The fraction of sp³-hybridized carbons (Fsp3) is 0.500. The van der Waals surface area contributed by atoms with Crippen molar-refractivity contribution in [2.24, 2.45) is 0 Å². The van der Waals surface area contributed by atoms with E-state index in [0.29, 0.717) is 12.1 Å². The van der Waals surface area contributed by atoms with E-state index in [1.807, 2.05) is 13.0 Å². The molecule has 0 heterocycles. The maximum absolute atomic E-state index is 12.0. The predicted molar refractivity (Wildman–Crippen MR) is 103 cm³/mol. The van der Waals surface area contributed by atoms with Crippen LogP contribution in [0, 0.1) is 10.1 Å². The van der Waals surface area contributed by atoms with Gasteiger partial charge >= 0.3 is 6.09 Å². The van der Waals surface area contributed by atoms with E-state index in [-0.39, 0.29) is 11.4 Å². The molecule has 26 heavy (non-hydrogen) atoms. The molecule has 144 valence electrons. The zero-order valence-electron chi connectivity index (χ0n) is 16.1. The Balaban J connectivity index is 3.02. The number of benzene rings is 1. The van der Waals surface area contributed by atoms with Gasteiger partial charge in [-0.25, -0.2) is 4.79 Å². The first-order valence-electron chi connectivity index (χ1n) is 8.09. The molecule has 0 aliphatic rings. The predicted octanol–water partition coefficient (Wildman–Crippen LogP) is 3.74. The number of carbonyl (C=O) groups is 1. The van der Waals surface area contributed by atoms with E-state index in [1.165, 1.54) is 17.0 Å². The van der Waals surface area contributed by atoms with Crippen LogP contribution in [-0.4, -0.2) is 45.6 Å². The maximum Gasteiger partial charge on any atom is 0.410 e. The second-order valence-electron chi connectivity index (χ2n) is 7.06. The Morgan fingerprint density at radius 2 is 2.00 bits per heavy atom. The largest absolute Gasteiger partial charge is 0.444 e. The van der Waals surface area contributed by atoms with Gasteiger partial charge in [-0.15, -0.1) is 0 Å². The lowest BCUT2D eigenvalue weighted by atomic mass is 10.0. The quantitative estimate of drug-likeness (QED) is 0.552. The van der Waals surface area contributed by atoms with Gasteiger partial charge in [-0.05, 0) is 50.5 Å². The summed E-state index contributed by atoms with van der Waals surface area (Å²) in [5.74, 6) is 0.226. The smallest absolute Gasteiger partial charge is 0.410 e. The van der Waals surface area contributed by atoms with Crippen LogP contribution in [0.2, 0.25) is 0 Å². The SMILES string of the molecule is C/C(=C\CN(C)C(=O)OC(C)(C)C)c1ccc([N+](=O)[O-])cc1CS(C)=O. The molecule has 8 heteroatoms. The van der Waals surface area contributed by atoms with Gasteiger partial charge in [0.05, 0.1) is 4.92 Å². The third kappa shape index (κ3) is 6.95. The number of rotatable bonds is 6. The zero-order valence-corrected chi connectivity index (χ0v) is 16.9. The topological polar surface area (TPSA) is 89.8 Å². The van der Waals surface area contributed by atoms with Gasteiger partial charge in [0.15, 0.2) is 0 Å². The number of non-ortho nitro benzene ring substituents is 1. The fourth-order valence-corrected chi connectivity index (χ4v) is 2.89. The van der Waals surface area contributed by atoms with Crippen LogP contribution in [0.5, 0.6) is 0 Å². The number of nitro benzene ring substituents is 1. The average molecular weight is 382 g/mol. The van der Waals surface area contributed by atoms with Crippen molar-refractivity contribution in [1.82, 2.24) is 4.90 Å². The standard InChI is InChI=1S/C18H26N2O5S/c1-13(9-10-19(5)17(21)25-18(2,3)4)16-8-7-15(20(22)23)11-14(16)12-26(6)24/h7-9,11H,10,12H2,1-6H3/b13-9+. The number of ether oxygens (including phenoxy) is 1. The van der Waals surface area contributed by atoms with E-state index in [1.54, 1.807) is 40.1 Å². The van der Waals surface area contributed by atoms with Crippen LogP contribution >= 0.6 is 0 Å². The van der Waals surface area contributed by atoms with Crippen LogP contribution in [0.3, 0.4) is 0 Å². The Kier molecular flexibility index (Phi) is 7.50. The Bertz CT molecular complexity index is 738. The first-order chi connectivity index (χ1) is 11.9. The van der Waals surface area contributed by atoms with Crippen molar-refractivity contribution in [1.29, 1.82) is 0 Å². The molecule has 1 aromatic rings. The van der Waals surface area contributed by atoms with Gasteiger partial charge in [0, 0.05) is 48.5 Å². The van der Waals surface area contributed by atoms with Crippen LogP contribution in [0.25, 0.3) is 5.57 Å². The lowest BCUT2D eigenvalue weighted by molar-refractivity contribution is -0.384. The first-order valence-corrected chi connectivity index (χ1v) is 9.82. The normalized spacial score (nSPS) is 13.2. The van der Waals surface area contributed by atoms with E-state index in [0.717, 1.165) is 11.1 Å². The monoisotopic (exact) mass is 382 g/mol. The molecule has 0 bridgehead atoms. The van der Waals surface area contributed by atoms with Crippen LogP contribution < -0.4 is 0 Å². The van der Waals surface area contributed by atoms with E-state index in [9.17, 15) is 19.1 Å². The second kappa shape index (κ2) is 8.93. The molecule has 1 unspecified atom stereocenters. The molecule has 0 N–H and O–H groups in total. The van der Waals surface area contributed by atoms with Crippen molar-refractivity contribution < 1.29 is 18.7 Å². The third-order valence-electron chi connectivity index (χ3n) is 3.46. The lowest BCUT2D eigenvalue weighted by Crippen LogP contribution is -2.34. The second-order valence-corrected chi connectivity index (χ2v) is 8.50. The third-order valence-corrected chi connectivity index (χ3v) is 4.18. The highest BCUT2D eigenvalue weighted by atomic mass is 32.2. The van der Waals surface area contributed by atoms with Crippen LogP contribution in [0.15, 0.2) is 24.3 Å². The highest BCUT2D eigenvalue weighted by Gasteiger charge is 2.19. The molecule has 1 amide bonds. The number of hydrogen-bond donors (Lipinski definition) is 0. The van der Waals surface area contributed by atoms with Gasteiger partial charge in [0.2, 0.25) is 0 Å². The van der Waals surface area contributed by atoms with E-state index >= 15 is 0 Å². The molecule has 0 aliphatic carbocycles. The van der Waals surface area contributed by atoms with Crippen molar-refractivity contribution >= 4 is 28.2 Å². The number of nitrogens with zero attached hydrogens (tertiary/aromatic N) is 2. The molecule has 0 spiro atoms. The van der Waals surface area contributed by atoms with Crippen LogP contribution in [-0.2, 0) is 21.3 Å². The van der Waals surface area contributed by atoms with Gasteiger partial charge in [-0.1, -0.05) is 6.08 Å². The van der Waals surface area contributed by atoms with Crippen LogP contribution in [0.4, 0.5) is 10.5 Å². The van der Waals surface area contributed by atoms with Crippen molar-refractivity contribution in [3.8, 4) is 0 Å². The minimum absolute atomic E-state index is 0.0344. The molecule has 1 aromatic carbocycles. The first kappa shape index (κ1) is 21.8. The van der Waals surface area contributed by atoms with Gasteiger partial charge in [0.25, 0.3) is 5.69 Å². The maximum atomic E-state index is 12.0. The molecule has 0 saturated carbocycles. The number of hydrogen-bond acceptors (Lipinski definition) is 5. The zero-order chi connectivity index (χ0) is 20.1. The Morgan fingerprint density at radius 3 is 2.50 bits per heavy atom. The summed E-state index contributed by atoms with van der Waals surface area (Å²) in [5, 5.41) is 11.0. The summed E-state index contributed by atoms with van der Waals surface area (Å²) in [7, 11) is 0.504. The molecular formula is C18H26N2O5S. The molecule has 1 atom stereocenters. The Hall–Kier alpha value is -2.22. The highest BCUT2D eigenvalue weighted by Crippen LogP contribution is 2.25. The Labute approximate surface area is 156 Å². The van der Waals surface area contributed by atoms with Crippen molar-refractivity contribution in [3.05, 3.63) is 45.5 Å². The minimum Gasteiger partial charge on any atom is -0.444 e.